The maximum absolute atomic E-state index is 11.9. The fourth-order valence-electron chi connectivity index (χ4n) is 1.93. The molecule has 0 atom stereocenters. The molecule has 1 aromatic carbocycles. The summed E-state index contributed by atoms with van der Waals surface area (Å²) < 4.78 is 9.95. The van der Waals surface area contributed by atoms with Gasteiger partial charge in [-0.2, -0.15) is 0 Å². The first-order chi connectivity index (χ1) is 12.1. The highest BCUT2D eigenvalue weighted by Gasteiger charge is 2.18. The first-order valence-corrected chi connectivity index (χ1v) is 8.14. The summed E-state index contributed by atoms with van der Waals surface area (Å²) in [6.07, 6.45) is 2.81. The van der Waals surface area contributed by atoms with Crippen LogP contribution in [-0.2, 0) is 19.1 Å². The van der Waals surface area contributed by atoms with Gasteiger partial charge in [0.25, 0.3) is 5.91 Å². The van der Waals surface area contributed by atoms with Crippen molar-refractivity contribution in [3.8, 4) is 5.75 Å². The van der Waals surface area contributed by atoms with Gasteiger partial charge in [0.1, 0.15) is 5.75 Å². The van der Waals surface area contributed by atoms with Crippen LogP contribution < -0.4 is 10.1 Å². The number of hydrogen-bond donors (Lipinski definition) is 1. The zero-order chi connectivity index (χ0) is 19.7. The number of nitrogens with zero attached hydrogens (tertiary/aromatic N) is 1. The Morgan fingerprint density at radius 3 is 2.31 bits per heavy atom. The van der Waals surface area contributed by atoms with Crippen molar-refractivity contribution in [1.29, 1.82) is 0 Å². The van der Waals surface area contributed by atoms with Crippen LogP contribution in [0.5, 0.6) is 5.75 Å². The predicted molar refractivity (Wildman–Crippen MR) is 98.5 cm³/mol. The quantitative estimate of drug-likeness (QED) is 0.589. The molecule has 0 saturated heterocycles. The van der Waals surface area contributed by atoms with Crippen molar-refractivity contribution in [1.82, 2.24) is 10.2 Å². The van der Waals surface area contributed by atoms with E-state index >= 15 is 0 Å². The first-order valence-electron chi connectivity index (χ1n) is 8.14. The van der Waals surface area contributed by atoms with Crippen LogP contribution >= 0.6 is 0 Å². The molecule has 0 unspecified atom stereocenters. The maximum atomic E-state index is 11.9. The fourth-order valence-corrected chi connectivity index (χ4v) is 1.93. The number of esters is 1. The highest BCUT2D eigenvalue weighted by atomic mass is 16.5. The number of nitrogens with one attached hydrogen (secondary N) is 1. The minimum absolute atomic E-state index is 0.102. The van der Waals surface area contributed by atoms with Gasteiger partial charge in [0.15, 0.2) is 6.61 Å². The summed E-state index contributed by atoms with van der Waals surface area (Å²) in [4.78, 5) is 36.6. The summed E-state index contributed by atoms with van der Waals surface area (Å²) in [5, 5.41) is 2.76. The molecular weight excluding hydrogens is 336 g/mol. The number of rotatable bonds is 7. The molecule has 1 N–H and O–H groups in total. The molecule has 7 heteroatoms. The van der Waals surface area contributed by atoms with E-state index in [4.69, 9.17) is 9.47 Å². The molecule has 0 heterocycles. The van der Waals surface area contributed by atoms with Crippen LogP contribution in [0.15, 0.2) is 30.3 Å². The second kappa shape index (κ2) is 9.60. The van der Waals surface area contributed by atoms with Crippen molar-refractivity contribution in [2.75, 3.05) is 27.3 Å². The Morgan fingerprint density at radius 1 is 1.15 bits per heavy atom. The van der Waals surface area contributed by atoms with Crippen molar-refractivity contribution in [2.45, 2.75) is 26.3 Å². The van der Waals surface area contributed by atoms with E-state index in [0.29, 0.717) is 5.75 Å². The van der Waals surface area contributed by atoms with Crippen LogP contribution in [0.2, 0.25) is 0 Å². The third-order valence-electron chi connectivity index (χ3n) is 3.19. The maximum Gasteiger partial charge on any atom is 0.331 e. The van der Waals surface area contributed by atoms with E-state index in [1.165, 1.54) is 18.0 Å². The van der Waals surface area contributed by atoms with E-state index in [2.05, 4.69) is 5.32 Å². The molecule has 26 heavy (non-hydrogen) atoms. The lowest BCUT2D eigenvalue weighted by atomic mass is 10.1. The van der Waals surface area contributed by atoms with Crippen LogP contribution in [0.3, 0.4) is 0 Å². The lowest BCUT2D eigenvalue weighted by Crippen LogP contribution is -2.46. The van der Waals surface area contributed by atoms with Gasteiger partial charge in [0.05, 0.1) is 13.7 Å². The van der Waals surface area contributed by atoms with Gasteiger partial charge in [-0.05, 0) is 44.5 Å². The Bertz CT molecular complexity index is 660. The lowest BCUT2D eigenvalue weighted by molar-refractivity contribution is -0.148. The number of hydrogen-bond acceptors (Lipinski definition) is 5. The fraction of sp³-hybridized carbons (Fsp3) is 0.421. The molecule has 1 aromatic rings. The zero-order valence-electron chi connectivity index (χ0n) is 15.9. The Balaban J connectivity index is 2.41. The smallest absolute Gasteiger partial charge is 0.331 e. The first kappa shape index (κ1) is 21.2. The highest BCUT2D eigenvalue weighted by Crippen LogP contribution is 2.12. The molecule has 1 rings (SSSR count). The third-order valence-corrected chi connectivity index (χ3v) is 3.19. The number of benzene rings is 1. The summed E-state index contributed by atoms with van der Waals surface area (Å²) in [6, 6.07) is 7.11. The SMILES string of the molecule is COc1ccc(/C=C/C(=O)OCC(=O)N(C)CC(=O)NC(C)(C)C)cc1. The molecule has 0 aliphatic carbocycles. The van der Waals surface area contributed by atoms with Gasteiger partial charge in [0.2, 0.25) is 5.91 Å². The molecule has 2 amide bonds. The summed E-state index contributed by atoms with van der Waals surface area (Å²) in [5.74, 6) is -0.657. The molecule has 0 fully saturated rings. The third kappa shape index (κ3) is 8.32. The van der Waals surface area contributed by atoms with Gasteiger partial charge in [-0.15, -0.1) is 0 Å². The van der Waals surface area contributed by atoms with E-state index in [1.807, 2.05) is 20.8 Å². The molecule has 7 nitrogen and oxygen atoms in total. The van der Waals surface area contributed by atoms with Crippen molar-refractivity contribution < 1.29 is 23.9 Å². The van der Waals surface area contributed by atoms with Crippen LogP contribution in [0.4, 0.5) is 0 Å². The Kier molecular flexibility index (Phi) is 7.83. The van der Waals surface area contributed by atoms with Gasteiger partial charge in [-0.3, -0.25) is 9.59 Å². The van der Waals surface area contributed by atoms with E-state index in [1.54, 1.807) is 37.5 Å². The lowest BCUT2D eigenvalue weighted by Gasteiger charge is -2.23. The molecule has 0 bridgehead atoms. The minimum atomic E-state index is -0.637. The molecule has 0 aliphatic rings. The van der Waals surface area contributed by atoms with E-state index in [9.17, 15) is 14.4 Å². The van der Waals surface area contributed by atoms with E-state index in [-0.39, 0.29) is 18.0 Å². The van der Waals surface area contributed by atoms with Gasteiger partial charge >= 0.3 is 5.97 Å². The average molecular weight is 362 g/mol. The Labute approximate surface area is 154 Å². The summed E-state index contributed by atoms with van der Waals surface area (Å²) in [6.45, 7) is 5.03. The number of likely N-dealkylation sites (N-methyl/N-ethyl adjacent to an activating group) is 1. The molecule has 0 radical (unpaired) electrons. The van der Waals surface area contributed by atoms with Crippen molar-refractivity contribution in [2.24, 2.45) is 0 Å². The summed E-state index contributed by atoms with van der Waals surface area (Å²) in [7, 11) is 3.05. The number of methoxy groups -OCH3 is 1. The zero-order valence-corrected chi connectivity index (χ0v) is 15.9. The molecular formula is C19H26N2O5. The number of carbonyl (C=O) groups is 3. The highest BCUT2D eigenvalue weighted by molar-refractivity contribution is 5.90. The molecule has 0 spiro atoms. The van der Waals surface area contributed by atoms with Crippen LogP contribution in [0.1, 0.15) is 26.3 Å². The molecule has 0 aliphatic heterocycles. The van der Waals surface area contributed by atoms with Crippen LogP contribution in [0, 0.1) is 0 Å². The van der Waals surface area contributed by atoms with Gasteiger partial charge < -0.3 is 19.7 Å². The van der Waals surface area contributed by atoms with Crippen LogP contribution in [-0.4, -0.2) is 55.5 Å². The van der Waals surface area contributed by atoms with Crippen molar-refractivity contribution in [3.05, 3.63) is 35.9 Å². The number of ether oxygens (including phenoxy) is 2. The van der Waals surface area contributed by atoms with Crippen molar-refractivity contribution in [3.63, 3.8) is 0 Å². The molecule has 142 valence electrons. The summed E-state index contributed by atoms with van der Waals surface area (Å²) >= 11 is 0. The molecule has 0 aromatic heterocycles. The standard InChI is InChI=1S/C19H26N2O5/c1-19(2,3)20-16(22)12-21(4)17(23)13-26-18(24)11-8-14-6-9-15(25-5)10-7-14/h6-11H,12-13H2,1-5H3,(H,20,22)/b11-8+. The van der Waals surface area contributed by atoms with E-state index < -0.39 is 18.5 Å². The van der Waals surface area contributed by atoms with Crippen molar-refractivity contribution >= 4 is 23.9 Å². The Morgan fingerprint density at radius 2 is 1.77 bits per heavy atom. The second-order valence-electron chi connectivity index (χ2n) is 6.76. The average Bonchev–Trinajstić information content (AvgIpc) is 2.56. The molecule has 0 saturated carbocycles. The van der Waals surface area contributed by atoms with Gasteiger partial charge in [-0.1, -0.05) is 12.1 Å². The van der Waals surface area contributed by atoms with Gasteiger partial charge in [0, 0.05) is 18.7 Å². The Hall–Kier alpha value is -2.83. The monoisotopic (exact) mass is 362 g/mol. The normalized spacial score (nSPS) is 11.1. The predicted octanol–water partition coefficient (Wildman–Crippen LogP) is 1.62. The second-order valence-corrected chi connectivity index (χ2v) is 6.76. The minimum Gasteiger partial charge on any atom is -0.497 e. The number of amides is 2. The number of carbonyl (C=O) groups excluding carboxylic acids is 3. The van der Waals surface area contributed by atoms with E-state index in [0.717, 1.165) is 5.56 Å². The van der Waals surface area contributed by atoms with Gasteiger partial charge in [-0.25, -0.2) is 4.79 Å². The summed E-state index contributed by atoms with van der Waals surface area (Å²) in [5.41, 5.74) is 0.421. The largest absolute Gasteiger partial charge is 0.497 e. The topological polar surface area (TPSA) is 84.9 Å². The van der Waals surface area contributed by atoms with Crippen LogP contribution in [0.25, 0.3) is 6.08 Å².